The van der Waals surface area contributed by atoms with E-state index >= 15 is 0 Å². The van der Waals surface area contributed by atoms with Crippen LogP contribution in [-0.4, -0.2) is 5.11 Å². The molecule has 0 saturated carbocycles. The second-order valence-corrected chi connectivity index (χ2v) is 5.30. The molecule has 0 heterocycles. The Bertz CT molecular complexity index is 599. The van der Waals surface area contributed by atoms with Crippen LogP contribution in [0, 0.1) is 18.6 Å². The number of aryl methyl sites for hydroxylation is 1. The smallest absolute Gasteiger partial charge is 0.162 e. The number of rotatable bonds is 3. The Morgan fingerprint density at radius 2 is 1.95 bits per heavy atom. The van der Waals surface area contributed by atoms with Crippen molar-refractivity contribution in [3.63, 3.8) is 0 Å². The molecule has 0 fully saturated rings. The van der Waals surface area contributed by atoms with Crippen molar-refractivity contribution in [2.45, 2.75) is 19.4 Å². The van der Waals surface area contributed by atoms with Gasteiger partial charge in [0, 0.05) is 10.9 Å². The molecule has 0 aliphatic rings. The molecule has 100 valence electrons. The van der Waals surface area contributed by atoms with E-state index in [4.69, 9.17) is 0 Å². The van der Waals surface area contributed by atoms with Crippen molar-refractivity contribution in [3.8, 4) is 0 Å². The third kappa shape index (κ3) is 3.19. The molecule has 1 nitrogen and oxygen atoms in total. The highest BCUT2D eigenvalue weighted by molar-refractivity contribution is 9.10. The molecule has 1 unspecified atom stereocenters. The first kappa shape index (κ1) is 14.2. The van der Waals surface area contributed by atoms with Gasteiger partial charge in [-0.1, -0.05) is 40.2 Å². The van der Waals surface area contributed by atoms with Gasteiger partial charge in [0.15, 0.2) is 11.6 Å². The van der Waals surface area contributed by atoms with Crippen molar-refractivity contribution in [1.82, 2.24) is 0 Å². The van der Waals surface area contributed by atoms with E-state index < -0.39 is 17.7 Å². The maximum atomic E-state index is 13.5. The predicted octanol–water partition coefficient (Wildman–Crippen LogP) is 4.31. The Balaban J connectivity index is 2.23. The maximum absolute atomic E-state index is 13.5. The molecule has 1 atom stereocenters. The van der Waals surface area contributed by atoms with E-state index in [0.29, 0.717) is 5.56 Å². The number of benzene rings is 2. The van der Waals surface area contributed by atoms with Crippen LogP contribution in [0.25, 0.3) is 0 Å². The minimum Gasteiger partial charge on any atom is -0.388 e. The molecule has 1 N–H and O–H groups in total. The highest BCUT2D eigenvalue weighted by atomic mass is 79.9. The highest BCUT2D eigenvalue weighted by Gasteiger charge is 2.14. The first-order chi connectivity index (χ1) is 8.99. The van der Waals surface area contributed by atoms with Crippen molar-refractivity contribution >= 4 is 15.9 Å². The van der Waals surface area contributed by atoms with Gasteiger partial charge in [-0.25, -0.2) is 8.78 Å². The molecule has 0 aromatic heterocycles. The lowest BCUT2D eigenvalue weighted by molar-refractivity contribution is 0.176. The lowest BCUT2D eigenvalue weighted by atomic mass is 9.99. The molecule has 0 aliphatic heterocycles. The maximum Gasteiger partial charge on any atom is 0.162 e. The fraction of sp³-hybridized carbons (Fsp3) is 0.200. The highest BCUT2D eigenvalue weighted by Crippen LogP contribution is 2.25. The largest absolute Gasteiger partial charge is 0.388 e. The van der Waals surface area contributed by atoms with Crippen LogP contribution in [0.2, 0.25) is 0 Å². The zero-order valence-electron chi connectivity index (χ0n) is 10.3. The summed E-state index contributed by atoms with van der Waals surface area (Å²) in [6.07, 6.45) is -0.812. The molecule has 0 radical (unpaired) electrons. The summed E-state index contributed by atoms with van der Waals surface area (Å²) in [5, 5.41) is 10.1. The molecule has 4 heteroatoms. The topological polar surface area (TPSA) is 20.2 Å². The van der Waals surface area contributed by atoms with E-state index in [1.54, 1.807) is 6.07 Å². The molecule has 0 amide bonds. The summed E-state index contributed by atoms with van der Waals surface area (Å²) in [6, 6.07) is 9.40. The van der Waals surface area contributed by atoms with Gasteiger partial charge in [0.25, 0.3) is 0 Å². The summed E-state index contributed by atoms with van der Waals surface area (Å²) >= 11 is 3.38. The number of aliphatic hydroxyl groups excluding tert-OH is 1. The minimum atomic E-state index is -0.893. The van der Waals surface area contributed by atoms with E-state index in [1.807, 2.05) is 19.1 Å². The van der Waals surface area contributed by atoms with Gasteiger partial charge < -0.3 is 5.11 Å². The molecule has 0 saturated heterocycles. The van der Waals surface area contributed by atoms with E-state index in [0.717, 1.165) is 16.1 Å². The molecule has 0 spiro atoms. The van der Waals surface area contributed by atoms with Crippen LogP contribution in [0.15, 0.2) is 40.9 Å². The second-order valence-electron chi connectivity index (χ2n) is 4.44. The average molecular weight is 327 g/mol. The quantitative estimate of drug-likeness (QED) is 0.891. The molecule has 2 rings (SSSR count). The Morgan fingerprint density at radius 1 is 1.21 bits per heavy atom. The number of aliphatic hydroxyl groups is 1. The van der Waals surface area contributed by atoms with Gasteiger partial charge in [-0.3, -0.25) is 0 Å². The van der Waals surface area contributed by atoms with Crippen LogP contribution in [-0.2, 0) is 6.42 Å². The SMILES string of the molecule is Cc1cc(C(O)Cc2cccc(F)c2F)ccc1Br. The van der Waals surface area contributed by atoms with Crippen LogP contribution in [0.1, 0.15) is 22.8 Å². The molecule has 0 aliphatic carbocycles. The molecule has 2 aromatic rings. The Kier molecular flexibility index (Phi) is 4.32. The molecular formula is C15H13BrF2O. The van der Waals surface area contributed by atoms with E-state index in [-0.39, 0.29) is 12.0 Å². The third-order valence-electron chi connectivity index (χ3n) is 3.01. The molecule has 0 bridgehead atoms. The van der Waals surface area contributed by atoms with Crippen molar-refractivity contribution in [1.29, 1.82) is 0 Å². The van der Waals surface area contributed by atoms with E-state index in [1.165, 1.54) is 12.1 Å². The van der Waals surface area contributed by atoms with Crippen LogP contribution in [0.4, 0.5) is 8.78 Å². The van der Waals surface area contributed by atoms with Crippen LogP contribution < -0.4 is 0 Å². The summed E-state index contributed by atoms with van der Waals surface area (Å²) in [6.45, 7) is 1.91. The van der Waals surface area contributed by atoms with Gasteiger partial charge in [-0.2, -0.15) is 0 Å². The first-order valence-corrected chi connectivity index (χ1v) is 6.65. The molecule has 2 aromatic carbocycles. The normalized spacial score (nSPS) is 12.5. The summed E-state index contributed by atoms with van der Waals surface area (Å²) in [7, 11) is 0. The van der Waals surface area contributed by atoms with Gasteiger partial charge in [0.05, 0.1) is 6.10 Å². The summed E-state index contributed by atoms with van der Waals surface area (Å²) in [5.74, 6) is -1.79. The first-order valence-electron chi connectivity index (χ1n) is 5.86. The van der Waals surface area contributed by atoms with Gasteiger partial charge in [-0.15, -0.1) is 0 Å². The number of halogens is 3. The van der Waals surface area contributed by atoms with Gasteiger partial charge in [0.2, 0.25) is 0 Å². The zero-order chi connectivity index (χ0) is 14.0. The predicted molar refractivity (Wildman–Crippen MR) is 73.9 cm³/mol. The second kappa shape index (κ2) is 5.80. The fourth-order valence-corrected chi connectivity index (χ4v) is 2.15. The lowest BCUT2D eigenvalue weighted by Gasteiger charge is -2.13. The standard InChI is InChI=1S/C15H13BrF2O/c1-9-7-10(5-6-12(9)16)14(19)8-11-3-2-4-13(17)15(11)18/h2-7,14,19H,8H2,1H3. The molecule has 19 heavy (non-hydrogen) atoms. The summed E-state index contributed by atoms with van der Waals surface area (Å²) < 4.78 is 27.6. The number of hydrogen-bond acceptors (Lipinski definition) is 1. The minimum absolute atomic E-state index is 0.0463. The summed E-state index contributed by atoms with van der Waals surface area (Å²) in [4.78, 5) is 0. The average Bonchev–Trinajstić information content (AvgIpc) is 2.38. The van der Waals surface area contributed by atoms with E-state index in [9.17, 15) is 13.9 Å². The fourth-order valence-electron chi connectivity index (χ4n) is 1.91. The summed E-state index contributed by atoms with van der Waals surface area (Å²) in [5.41, 5.74) is 1.84. The number of hydrogen-bond donors (Lipinski definition) is 1. The Morgan fingerprint density at radius 3 is 2.63 bits per heavy atom. The van der Waals surface area contributed by atoms with Gasteiger partial charge >= 0.3 is 0 Å². The van der Waals surface area contributed by atoms with Crippen molar-refractivity contribution in [2.24, 2.45) is 0 Å². The van der Waals surface area contributed by atoms with Crippen molar-refractivity contribution < 1.29 is 13.9 Å². The zero-order valence-corrected chi connectivity index (χ0v) is 11.9. The third-order valence-corrected chi connectivity index (χ3v) is 3.90. The van der Waals surface area contributed by atoms with Crippen molar-refractivity contribution in [2.75, 3.05) is 0 Å². The van der Waals surface area contributed by atoms with Crippen LogP contribution >= 0.6 is 15.9 Å². The molecular weight excluding hydrogens is 314 g/mol. The van der Waals surface area contributed by atoms with Crippen molar-refractivity contribution in [3.05, 3.63) is 69.2 Å². The Labute approximate surface area is 119 Å². The monoisotopic (exact) mass is 326 g/mol. The Hall–Kier alpha value is -1.26. The van der Waals surface area contributed by atoms with Gasteiger partial charge in [0.1, 0.15) is 0 Å². The van der Waals surface area contributed by atoms with Crippen LogP contribution in [0.5, 0.6) is 0 Å². The van der Waals surface area contributed by atoms with Gasteiger partial charge in [-0.05, 0) is 35.7 Å². The van der Waals surface area contributed by atoms with E-state index in [2.05, 4.69) is 15.9 Å². The van der Waals surface area contributed by atoms with Crippen LogP contribution in [0.3, 0.4) is 0 Å². The lowest BCUT2D eigenvalue weighted by Crippen LogP contribution is -2.05.